The minimum atomic E-state index is -1.77. The summed E-state index contributed by atoms with van der Waals surface area (Å²) in [7, 11) is 0. The molecule has 1 aromatic rings. The Morgan fingerprint density at radius 2 is 1.42 bits per heavy atom. The van der Waals surface area contributed by atoms with Gasteiger partial charge in [0.05, 0.1) is 19.3 Å². The summed E-state index contributed by atoms with van der Waals surface area (Å²) in [4.78, 5) is 24.4. The lowest BCUT2D eigenvalue weighted by molar-refractivity contribution is -0.341. The molecule has 2 fully saturated rings. The van der Waals surface area contributed by atoms with Gasteiger partial charge in [-0.1, -0.05) is 30.3 Å². The molecule has 38 heavy (non-hydrogen) atoms. The van der Waals surface area contributed by atoms with Crippen LogP contribution >= 0.6 is 0 Å². The second-order valence-electron chi connectivity index (χ2n) is 9.42. The topological polar surface area (TPSA) is 213 Å². The number of ketones is 1. The number of hydrogen-bond donors (Lipinski definition) is 7. The van der Waals surface area contributed by atoms with Crippen LogP contribution in [-0.2, 0) is 35.1 Å². The lowest BCUT2D eigenvalue weighted by Crippen LogP contribution is -2.64. The normalized spacial score (nSPS) is 35.6. The number of carbonyl (C=O) groups is 2. The Kier molecular flexibility index (Phi) is 11.5. The lowest BCUT2D eigenvalue weighted by Gasteiger charge is -2.46. The second-order valence-corrected chi connectivity index (χ2v) is 9.42. The van der Waals surface area contributed by atoms with Gasteiger partial charge < -0.3 is 54.7 Å². The summed E-state index contributed by atoms with van der Waals surface area (Å²) in [5, 5.41) is 70.3. The van der Waals surface area contributed by atoms with E-state index in [4.69, 9.17) is 18.9 Å². The van der Waals surface area contributed by atoms with Gasteiger partial charge in [-0.3, -0.25) is 9.59 Å². The third kappa shape index (κ3) is 7.76. The monoisotopic (exact) mass is 544 g/mol. The van der Waals surface area contributed by atoms with Crippen LogP contribution in [0.25, 0.3) is 0 Å². The van der Waals surface area contributed by atoms with Crippen molar-refractivity contribution in [3.8, 4) is 0 Å². The minimum Gasteiger partial charge on any atom is -0.461 e. The molecule has 214 valence electrons. The van der Waals surface area contributed by atoms with Gasteiger partial charge in [-0.05, 0) is 12.0 Å². The number of ether oxygens (including phenoxy) is 4. The molecule has 2 aliphatic rings. The van der Waals surface area contributed by atoms with E-state index < -0.39 is 80.4 Å². The minimum absolute atomic E-state index is 0.00228. The number of hydrogen-bond acceptors (Lipinski definition) is 13. The van der Waals surface area contributed by atoms with Crippen molar-refractivity contribution in [2.45, 2.75) is 93.5 Å². The summed E-state index contributed by atoms with van der Waals surface area (Å²) in [5.74, 6) is -0.804. The van der Waals surface area contributed by atoms with Crippen molar-refractivity contribution in [1.82, 2.24) is 0 Å². The van der Waals surface area contributed by atoms with Crippen molar-refractivity contribution < 1.29 is 64.3 Å². The molecule has 0 amide bonds. The van der Waals surface area contributed by atoms with Crippen molar-refractivity contribution in [3.05, 3.63) is 35.9 Å². The molecule has 0 radical (unpaired) electrons. The zero-order valence-corrected chi connectivity index (χ0v) is 20.7. The Hall–Kier alpha value is -2.04. The van der Waals surface area contributed by atoms with Crippen molar-refractivity contribution >= 4 is 11.8 Å². The molecule has 10 atom stereocenters. The van der Waals surface area contributed by atoms with Gasteiger partial charge in [0.25, 0.3) is 0 Å². The van der Waals surface area contributed by atoms with Gasteiger partial charge in [-0.15, -0.1) is 0 Å². The van der Waals surface area contributed by atoms with E-state index in [-0.39, 0.29) is 38.1 Å². The first kappa shape index (κ1) is 30.5. The molecule has 0 bridgehead atoms. The molecule has 0 spiro atoms. The lowest BCUT2D eigenvalue weighted by atomic mass is 9.91. The molecule has 2 heterocycles. The Morgan fingerprint density at radius 1 is 0.763 bits per heavy atom. The average Bonchev–Trinajstić information content (AvgIpc) is 2.92. The number of rotatable bonds is 12. The van der Waals surface area contributed by atoms with Crippen LogP contribution in [0.2, 0.25) is 0 Å². The van der Waals surface area contributed by atoms with Crippen LogP contribution in [0.5, 0.6) is 0 Å². The highest BCUT2D eigenvalue weighted by Crippen LogP contribution is 2.30. The molecule has 1 aromatic carbocycles. The number of Topliss-reactive ketones (excluding diaryl/α,β-unsaturated/α-hetero) is 1. The molecule has 0 aromatic heterocycles. The van der Waals surface area contributed by atoms with Crippen LogP contribution in [0.3, 0.4) is 0 Å². The third-order valence-corrected chi connectivity index (χ3v) is 6.61. The Labute approximate surface area is 219 Å². The van der Waals surface area contributed by atoms with Crippen molar-refractivity contribution in [2.75, 3.05) is 13.2 Å². The predicted molar refractivity (Wildman–Crippen MR) is 126 cm³/mol. The van der Waals surface area contributed by atoms with Crippen LogP contribution < -0.4 is 0 Å². The second kappa shape index (κ2) is 14.4. The number of benzene rings is 1. The zero-order valence-electron chi connectivity index (χ0n) is 20.7. The fourth-order valence-corrected chi connectivity index (χ4v) is 4.40. The largest absolute Gasteiger partial charge is 0.461 e. The molecule has 6 unspecified atom stereocenters. The van der Waals surface area contributed by atoms with Gasteiger partial charge in [0.2, 0.25) is 0 Å². The van der Waals surface area contributed by atoms with E-state index in [1.54, 1.807) is 0 Å². The fourth-order valence-electron chi connectivity index (χ4n) is 4.40. The molecular weight excluding hydrogens is 508 g/mol. The molecular formula is C25H36O13. The van der Waals surface area contributed by atoms with Gasteiger partial charge in [-0.2, -0.15) is 0 Å². The average molecular weight is 545 g/mol. The van der Waals surface area contributed by atoms with E-state index in [1.165, 1.54) is 0 Å². The number of aliphatic hydroxyl groups is 7. The van der Waals surface area contributed by atoms with Crippen LogP contribution in [0, 0.1) is 0 Å². The van der Waals surface area contributed by atoms with Crippen LogP contribution in [0.15, 0.2) is 30.3 Å². The molecule has 0 saturated carbocycles. The summed E-state index contributed by atoms with van der Waals surface area (Å²) >= 11 is 0. The van der Waals surface area contributed by atoms with Crippen LogP contribution in [-0.4, -0.2) is 122 Å². The maximum absolute atomic E-state index is 12.4. The van der Waals surface area contributed by atoms with E-state index in [9.17, 15) is 45.3 Å². The molecule has 13 nitrogen and oxygen atoms in total. The number of carbonyl (C=O) groups excluding carboxylic acids is 2. The molecule has 0 aliphatic carbocycles. The Bertz CT molecular complexity index is 879. The molecule has 2 saturated heterocycles. The third-order valence-electron chi connectivity index (χ3n) is 6.61. The summed E-state index contributed by atoms with van der Waals surface area (Å²) in [6.45, 7) is -1.26. The fraction of sp³-hybridized carbons (Fsp3) is 0.680. The highest BCUT2D eigenvalue weighted by Gasteiger charge is 2.50. The van der Waals surface area contributed by atoms with Crippen molar-refractivity contribution in [3.63, 3.8) is 0 Å². The highest BCUT2D eigenvalue weighted by atomic mass is 16.7. The molecule has 3 rings (SSSR count). The summed E-state index contributed by atoms with van der Waals surface area (Å²) in [5.41, 5.74) is 0.839. The van der Waals surface area contributed by atoms with Gasteiger partial charge in [-0.25, -0.2) is 0 Å². The van der Waals surface area contributed by atoms with E-state index in [1.807, 2.05) is 30.3 Å². The van der Waals surface area contributed by atoms with Gasteiger partial charge >= 0.3 is 5.97 Å². The van der Waals surface area contributed by atoms with E-state index in [0.717, 1.165) is 5.56 Å². The summed E-state index contributed by atoms with van der Waals surface area (Å²) < 4.78 is 21.5. The summed E-state index contributed by atoms with van der Waals surface area (Å²) in [6, 6.07) is 9.13. The first-order chi connectivity index (χ1) is 18.2. The van der Waals surface area contributed by atoms with Gasteiger partial charge in [0.1, 0.15) is 61.2 Å². The van der Waals surface area contributed by atoms with E-state index >= 15 is 0 Å². The first-order valence-electron chi connectivity index (χ1n) is 12.5. The molecule has 7 N–H and O–H groups in total. The number of aliphatic hydroxyl groups excluding tert-OH is 7. The summed E-state index contributed by atoms with van der Waals surface area (Å²) in [6.07, 6.45) is -15.3. The van der Waals surface area contributed by atoms with E-state index in [2.05, 4.69) is 0 Å². The van der Waals surface area contributed by atoms with E-state index in [0.29, 0.717) is 0 Å². The first-order valence-corrected chi connectivity index (χ1v) is 12.5. The van der Waals surface area contributed by atoms with Crippen molar-refractivity contribution in [2.24, 2.45) is 0 Å². The van der Waals surface area contributed by atoms with Crippen LogP contribution in [0.1, 0.15) is 31.2 Å². The quantitative estimate of drug-likeness (QED) is 0.136. The zero-order chi connectivity index (χ0) is 27.8. The maximum Gasteiger partial charge on any atom is 0.306 e. The standard InChI is InChI=1S/C25H36O13/c26-10-16-20(31)21(32)23(34)25(37-16)38-24-17(11-27)36-15(19(30)22(24)33)9-14(28)7-4-8-18(29)35-12-13-5-2-1-3-6-13/h1-3,5-6,15-17,19-27,30-34H,4,7-12H2/t15-,16?,17?,19?,20-,21?,22?,23?,24+,25-/m0/s1. The Balaban J connectivity index is 1.47. The molecule has 2 aliphatic heterocycles. The van der Waals surface area contributed by atoms with Crippen molar-refractivity contribution in [1.29, 1.82) is 0 Å². The van der Waals surface area contributed by atoms with Gasteiger partial charge in [0, 0.05) is 19.3 Å². The van der Waals surface area contributed by atoms with Crippen LogP contribution in [0.4, 0.5) is 0 Å². The van der Waals surface area contributed by atoms with Gasteiger partial charge in [0.15, 0.2) is 6.29 Å². The SMILES string of the molecule is O=C(CCCC(=O)OCc1ccccc1)C[C@@H]1OC(CO)[C@@H](O[C@@H]2OC(CO)[C@H](O)C(O)C2O)C(O)C1O. The Morgan fingerprint density at radius 3 is 2.08 bits per heavy atom. The smallest absolute Gasteiger partial charge is 0.306 e. The predicted octanol–water partition coefficient (Wildman–Crippen LogP) is -2.47. The highest BCUT2D eigenvalue weighted by molar-refractivity contribution is 5.79. The maximum atomic E-state index is 12.4. The number of esters is 1. The molecule has 13 heteroatoms.